The van der Waals surface area contributed by atoms with Gasteiger partial charge in [-0.25, -0.2) is 0 Å². The van der Waals surface area contributed by atoms with E-state index >= 15 is 0 Å². The van der Waals surface area contributed by atoms with Crippen molar-refractivity contribution in [1.82, 2.24) is 0 Å². The Morgan fingerprint density at radius 1 is 1.36 bits per heavy atom. The van der Waals surface area contributed by atoms with E-state index in [-0.39, 0.29) is 0 Å². The van der Waals surface area contributed by atoms with E-state index in [0.717, 1.165) is 10.0 Å². The van der Waals surface area contributed by atoms with Gasteiger partial charge in [-0.05, 0) is 12.1 Å². The number of hydrogen-bond donors (Lipinski definition) is 0. The van der Waals surface area contributed by atoms with Crippen molar-refractivity contribution in [3.8, 4) is 0 Å². The van der Waals surface area contributed by atoms with E-state index < -0.39 is 11.2 Å². The summed E-state index contributed by atoms with van der Waals surface area (Å²) in [5.74, 6) is 0.646. The third kappa shape index (κ3) is 3.27. The Kier molecular flexibility index (Phi) is 3.43. The minimum absolute atomic E-state index is 0.646. The number of halogens is 1. The second kappa shape index (κ2) is 4.14. The van der Waals surface area contributed by atoms with Crippen LogP contribution in [0.3, 0.4) is 0 Å². The predicted octanol–water partition coefficient (Wildman–Crippen LogP) is 2.33. The van der Waals surface area contributed by atoms with Crippen molar-refractivity contribution >= 4 is 27.1 Å². The van der Waals surface area contributed by atoms with Crippen LogP contribution in [0.15, 0.2) is 28.7 Å². The molecule has 0 spiro atoms. The zero-order valence-electron chi connectivity index (χ0n) is 6.21. The van der Waals surface area contributed by atoms with E-state index in [1.54, 1.807) is 6.26 Å². The average molecular weight is 233 g/mol. The van der Waals surface area contributed by atoms with Gasteiger partial charge in [0.2, 0.25) is 0 Å². The van der Waals surface area contributed by atoms with E-state index in [1.807, 2.05) is 24.3 Å². The highest BCUT2D eigenvalue weighted by Gasteiger charge is 1.99. The molecule has 0 saturated carbocycles. The molecule has 0 saturated heterocycles. The lowest BCUT2D eigenvalue weighted by Crippen LogP contribution is -1.99. The SMILES string of the molecule is C[S+]([O-])Cc1ccc(Br)cc1. The lowest BCUT2D eigenvalue weighted by atomic mass is 10.2. The summed E-state index contributed by atoms with van der Waals surface area (Å²) in [5, 5.41) is 0. The molecular formula is C8H9BrOS. The standard InChI is InChI=1S/C8H9BrOS/c1-11(10)6-7-2-4-8(9)5-3-7/h2-5H,6H2,1H3. The molecular weight excluding hydrogens is 224 g/mol. The van der Waals surface area contributed by atoms with Gasteiger partial charge in [0.25, 0.3) is 0 Å². The van der Waals surface area contributed by atoms with Crippen molar-refractivity contribution in [1.29, 1.82) is 0 Å². The second-order valence-corrected chi connectivity index (χ2v) is 4.69. The molecule has 0 aliphatic carbocycles. The third-order valence-corrected chi connectivity index (χ3v) is 2.55. The van der Waals surface area contributed by atoms with E-state index in [0.29, 0.717) is 5.75 Å². The van der Waals surface area contributed by atoms with Crippen molar-refractivity contribution < 1.29 is 4.55 Å². The largest absolute Gasteiger partial charge is 0.616 e. The first kappa shape index (κ1) is 9.10. The van der Waals surface area contributed by atoms with Crippen LogP contribution in [0.5, 0.6) is 0 Å². The lowest BCUT2D eigenvalue weighted by molar-refractivity contribution is 0.600. The number of rotatable bonds is 2. The van der Waals surface area contributed by atoms with Crippen LogP contribution in [0.1, 0.15) is 5.56 Å². The molecule has 0 aliphatic rings. The van der Waals surface area contributed by atoms with Gasteiger partial charge in [-0.1, -0.05) is 39.2 Å². The molecule has 0 radical (unpaired) electrons. The van der Waals surface area contributed by atoms with Crippen LogP contribution in [0.25, 0.3) is 0 Å². The average Bonchev–Trinajstić information content (AvgIpc) is 1.93. The summed E-state index contributed by atoms with van der Waals surface area (Å²) < 4.78 is 11.9. The van der Waals surface area contributed by atoms with E-state index in [4.69, 9.17) is 0 Å². The van der Waals surface area contributed by atoms with E-state index in [9.17, 15) is 4.55 Å². The Balaban J connectivity index is 2.66. The molecule has 0 amide bonds. The quantitative estimate of drug-likeness (QED) is 0.719. The van der Waals surface area contributed by atoms with E-state index in [1.165, 1.54) is 0 Å². The molecule has 0 bridgehead atoms. The minimum atomic E-state index is -0.738. The summed E-state index contributed by atoms with van der Waals surface area (Å²) in [6, 6.07) is 7.88. The molecule has 1 aromatic rings. The lowest BCUT2D eigenvalue weighted by Gasteiger charge is -2.03. The maximum atomic E-state index is 10.8. The zero-order chi connectivity index (χ0) is 8.27. The van der Waals surface area contributed by atoms with Gasteiger partial charge < -0.3 is 4.55 Å². The Bertz CT molecular complexity index is 220. The van der Waals surface area contributed by atoms with Crippen molar-refractivity contribution in [3.05, 3.63) is 34.3 Å². The van der Waals surface area contributed by atoms with Crippen molar-refractivity contribution in [2.45, 2.75) is 5.75 Å². The Morgan fingerprint density at radius 3 is 2.36 bits per heavy atom. The van der Waals surface area contributed by atoms with Crippen LogP contribution >= 0.6 is 15.9 Å². The molecule has 1 nitrogen and oxygen atoms in total. The summed E-state index contributed by atoms with van der Waals surface area (Å²) in [6.07, 6.45) is 1.71. The van der Waals surface area contributed by atoms with Gasteiger partial charge in [-0.15, -0.1) is 0 Å². The van der Waals surface area contributed by atoms with Gasteiger partial charge in [-0.2, -0.15) is 0 Å². The molecule has 1 rings (SSSR count). The predicted molar refractivity (Wildman–Crippen MR) is 51.9 cm³/mol. The molecule has 60 valence electrons. The molecule has 11 heavy (non-hydrogen) atoms. The molecule has 1 unspecified atom stereocenters. The maximum Gasteiger partial charge on any atom is 0.130 e. The van der Waals surface area contributed by atoms with Gasteiger partial charge >= 0.3 is 0 Å². The molecule has 0 heterocycles. The summed E-state index contributed by atoms with van der Waals surface area (Å²) in [4.78, 5) is 0. The fourth-order valence-corrected chi connectivity index (χ4v) is 1.74. The van der Waals surface area contributed by atoms with Crippen LogP contribution in [0.2, 0.25) is 0 Å². The van der Waals surface area contributed by atoms with Crippen molar-refractivity contribution in [3.63, 3.8) is 0 Å². The summed E-state index contributed by atoms with van der Waals surface area (Å²) in [7, 11) is 0. The number of benzene rings is 1. The van der Waals surface area contributed by atoms with Gasteiger partial charge in [0.05, 0.1) is 6.26 Å². The third-order valence-electron chi connectivity index (χ3n) is 1.28. The second-order valence-electron chi connectivity index (χ2n) is 2.34. The van der Waals surface area contributed by atoms with Crippen LogP contribution in [0.4, 0.5) is 0 Å². The minimum Gasteiger partial charge on any atom is -0.616 e. The van der Waals surface area contributed by atoms with Crippen LogP contribution in [-0.2, 0) is 16.9 Å². The van der Waals surface area contributed by atoms with Gasteiger partial charge in [0.1, 0.15) is 5.75 Å². The van der Waals surface area contributed by atoms with Crippen LogP contribution in [0, 0.1) is 0 Å². The fourth-order valence-electron chi connectivity index (χ4n) is 0.815. The fraction of sp³-hybridized carbons (Fsp3) is 0.250. The molecule has 1 atom stereocenters. The van der Waals surface area contributed by atoms with Crippen LogP contribution < -0.4 is 0 Å². The summed E-state index contributed by atoms with van der Waals surface area (Å²) in [6.45, 7) is 0. The normalized spacial score (nSPS) is 13.0. The first-order valence-electron chi connectivity index (χ1n) is 3.23. The Morgan fingerprint density at radius 2 is 1.91 bits per heavy atom. The highest BCUT2D eigenvalue weighted by molar-refractivity contribution is 9.10. The van der Waals surface area contributed by atoms with Gasteiger partial charge in [0, 0.05) is 10.0 Å². The number of hydrogen-bond acceptors (Lipinski definition) is 1. The maximum absolute atomic E-state index is 10.8. The van der Waals surface area contributed by atoms with Crippen molar-refractivity contribution in [2.24, 2.45) is 0 Å². The van der Waals surface area contributed by atoms with Gasteiger partial charge in [0.15, 0.2) is 0 Å². The molecule has 3 heteroatoms. The molecule has 0 fully saturated rings. The van der Waals surface area contributed by atoms with Gasteiger partial charge in [-0.3, -0.25) is 0 Å². The Labute approximate surface area is 78.1 Å². The van der Waals surface area contributed by atoms with Crippen LogP contribution in [-0.4, -0.2) is 10.8 Å². The molecule has 1 aromatic carbocycles. The first-order valence-corrected chi connectivity index (χ1v) is 5.75. The molecule has 0 N–H and O–H groups in total. The van der Waals surface area contributed by atoms with Crippen molar-refractivity contribution in [2.75, 3.05) is 6.26 Å². The summed E-state index contributed by atoms with van der Waals surface area (Å²) in [5.41, 5.74) is 1.12. The first-order chi connectivity index (χ1) is 5.18. The Hall–Kier alpha value is 0.01000. The molecule has 0 aliphatic heterocycles. The molecule has 0 aromatic heterocycles. The topological polar surface area (TPSA) is 23.1 Å². The highest BCUT2D eigenvalue weighted by atomic mass is 79.9. The summed E-state index contributed by atoms with van der Waals surface area (Å²) >= 11 is 2.60. The smallest absolute Gasteiger partial charge is 0.130 e. The zero-order valence-corrected chi connectivity index (χ0v) is 8.61. The van der Waals surface area contributed by atoms with E-state index in [2.05, 4.69) is 15.9 Å². The highest BCUT2D eigenvalue weighted by Crippen LogP contribution is 2.12. The monoisotopic (exact) mass is 232 g/mol.